The van der Waals surface area contributed by atoms with Gasteiger partial charge in [-0.15, -0.1) is 0 Å². The lowest BCUT2D eigenvalue weighted by Gasteiger charge is -2.02. The van der Waals surface area contributed by atoms with Crippen LogP contribution in [0.25, 0.3) is 0 Å². The Bertz CT molecular complexity index is 320. The number of carbonyl (C=O) groups excluding carboxylic acids is 2. The molecule has 0 aliphatic heterocycles. The van der Waals surface area contributed by atoms with E-state index in [0.29, 0.717) is 0 Å². The summed E-state index contributed by atoms with van der Waals surface area (Å²) in [6, 6.07) is 0. The largest absolute Gasteiger partial charge is 0.422 e. The number of allylic oxidation sites excluding steroid dienone is 3. The van der Waals surface area contributed by atoms with Gasteiger partial charge in [0.1, 0.15) is 6.61 Å². The van der Waals surface area contributed by atoms with Crippen LogP contribution in [0, 0.1) is 11.5 Å². The summed E-state index contributed by atoms with van der Waals surface area (Å²) >= 11 is 0. The topological polar surface area (TPSA) is 67.2 Å². The summed E-state index contributed by atoms with van der Waals surface area (Å²) in [6.07, 6.45) is 4.93. The van der Waals surface area contributed by atoms with Crippen molar-refractivity contribution in [3.8, 4) is 6.26 Å². The SMILES string of the molecule is N#COCC1=CC(=O)C=CC1=O. The van der Waals surface area contributed by atoms with Crippen molar-refractivity contribution in [3.63, 3.8) is 0 Å². The highest BCUT2D eigenvalue weighted by Crippen LogP contribution is 2.04. The average Bonchev–Trinajstić information content (AvgIpc) is 2.07. The molecule has 1 aliphatic rings. The minimum atomic E-state index is -0.287. The molecule has 12 heavy (non-hydrogen) atoms. The highest BCUT2D eigenvalue weighted by molar-refractivity contribution is 6.17. The molecule has 1 rings (SSSR count). The van der Waals surface area contributed by atoms with Crippen LogP contribution in [0.15, 0.2) is 23.8 Å². The first-order valence-corrected chi connectivity index (χ1v) is 3.22. The van der Waals surface area contributed by atoms with Crippen molar-refractivity contribution < 1.29 is 14.3 Å². The summed E-state index contributed by atoms with van der Waals surface area (Å²) in [5.41, 5.74) is 0.212. The molecule has 0 atom stereocenters. The Kier molecular flexibility index (Phi) is 2.38. The van der Waals surface area contributed by atoms with E-state index in [4.69, 9.17) is 5.26 Å². The van der Waals surface area contributed by atoms with Crippen LogP contribution in [0.1, 0.15) is 0 Å². The predicted molar refractivity (Wildman–Crippen MR) is 38.8 cm³/mol. The second kappa shape index (κ2) is 3.49. The summed E-state index contributed by atoms with van der Waals surface area (Å²) < 4.78 is 4.32. The molecule has 0 aromatic carbocycles. The van der Waals surface area contributed by atoms with Gasteiger partial charge in [-0.05, 0) is 18.2 Å². The molecule has 1 aliphatic carbocycles. The Morgan fingerprint density at radius 1 is 1.42 bits per heavy atom. The minimum Gasteiger partial charge on any atom is -0.422 e. The second-order valence-electron chi connectivity index (χ2n) is 2.15. The first kappa shape index (κ1) is 8.21. The fourth-order valence-corrected chi connectivity index (χ4v) is 0.779. The summed E-state index contributed by atoms with van der Waals surface area (Å²) in [4.78, 5) is 21.7. The Labute approximate surface area is 68.7 Å². The van der Waals surface area contributed by atoms with E-state index in [9.17, 15) is 9.59 Å². The lowest BCUT2D eigenvalue weighted by atomic mass is 10.1. The quantitative estimate of drug-likeness (QED) is 0.428. The maximum atomic E-state index is 10.9. The van der Waals surface area contributed by atoms with Gasteiger partial charge in [-0.3, -0.25) is 9.59 Å². The summed E-state index contributed by atoms with van der Waals surface area (Å²) in [7, 11) is 0. The van der Waals surface area contributed by atoms with Gasteiger partial charge in [-0.1, -0.05) is 0 Å². The predicted octanol–water partition coefficient (Wildman–Crippen LogP) is 0.118. The number of ether oxygens (including phenoxy) is 1. The number of ketones is 2. The minimum absolute atomic E-state index is 0.134. The van der Waals surface area contributed by atoms with E-state index >= 15 is 0 Å². The van der Waals surface area contributed by atoms with Crippen molar-refractivity contribution in [1.82, 2.24) is 0 Å². The first-order chi connectivity index (χ1) is 5.74. The van der Waals surface area contributed by atoms with Crippen LogP contribution < -0.4 is 0 Å². The summed E-state index contributed by atoms with van der Waals surface area (Å²) in [6.45, 7) is -0.134. The van der Waals surface area contributed by atoms with Crippen molar-refractivity contribution in [2.24, 2.45) is 0 Å². The zero-order valence-corrected chi connectivity index (χ0v) is 6.11. The lowest BCUT2D eigenvalue weighted by Crippen LogP contribution is -2.11. The van der Waals surface area contributed by atoms with Crippen LogP contribution in [-0.2, 0) is 14.3 Å². The lowest BCUT2D eigenvalue weighted by molar-refractivity contribution is -0.114. The molecule has 60 valence electrons. The molecule has 0 fully saturated rings. The van der Waals surface area contributed by atoms with Crippen molar-refractivity contribution >= 4 is 11.6 Å². The normalized spacial score (nSPS) is 15.4. The number of rotatable bonds is 2. The Balaban J connectivity index is 2.69. The molecule has 0 bridgehead atoms. The highest BCUT2D eigenvalue weighted by atomic mass is 16.5. The molecule has 0 saturated carbocycles. The Morgan fingerprint density at radius 2 is 2.17 bits per heavy atom. The molecule has 0 unspecified atom stereocenters. The number of nitriles is 1. The maximum Gasteiger partial charge on any atom is 0.286 e. The van der Waals surface area contributed by atoms with E-state index < -0.39 is 0 Å². The molecule has 0 aromatic rings. The van der Waals surface area contributed by atoms with E-state index in [1.54, 1.807) is 0 Å². The zero-order chi connectivity index (χ0) is 8.97. The van der Waals surface area contributed by atoms with E-state index in [1.807, 2.05) is 0 Å². The van der Waals surface area contributed by atoms with Gasteiger partial charge in [0.2, 0.25) is 0 Å². The van der Waals surface area contributed by atoms with Crippen LogP contribution in [0.3, 0.4) is 0 Å². The van der Waals surface area contributed by atoms with Crippen molar-refractivity contribution in [2.75, 3.05) is 6.61 Å². The van der Waals surface area contributed by atoms with Crippen LogP contribution in [0.2, 0.25) is 0 Å². The van der Waals surface area contributed by atoms with E-state index in [-0.39, 0.29) is 23.7 Å². The van der Waals surface area contributed by atoms with Crippen LogP contribution in [0.5, 0.6) is 0 Å². The van der Waals surface area contributed by atoms with Gasteiger partial charge in [0.05, 0.1) is 0 Å². The van der Waals surface area contributed by atoms with Crippen molar-refractivity contribution in [1.29, 1.82) is 5.26 Å². The fraction of sp³-hybridized carbons (Fsp3) is 0.125. The van der Waals surface area contributed by atoms with Gasteiger partial charge >= 0.3 is 0 Å². The molecule has 0 N–H and O–H groups in total. The zero-order valence-electron chi connectivity index (χ0n) is 6.11. The third-order valence-electron chi connectivity index (χ3n) is 1.32. The van der Waals surface area contributed by atoms with E-state index in [1.165, 1.54) is 24.5 Å². The molecular formula is C8H5NO3. The Hall–Kier alpha value is -1.89. The van der Waals surface area contributed by atoms with Crippen LogP contribution in [-0.4, -0.2) is 18.2 Å². The summed E-state index contributed by atoms with van der Waals surface area (Å²) in [5, 5.41) is 8.04. The first-order valence-electron chi connectivity index (χ1n) is 3.22. The van der Waals surface area contributed by atoms with Crippen molar-refractivity contribution in [2.45, 2.75) is 0 Å². The smallest absolute Gasteiger partial charge is 0.286 e. The third-order valence-corrected chi connectivity index (χ3v) is 1.32. The maximum absolute atomic E-state index is 10.9. The molecular weight excluding hydrogens is 158 g/mol. The Morgan fingerprint density at radius 3 is 2.83 bits per heavy atom. The molecule has 0 spiro atoms. The second-order valence-corrected chi connectivity index (χ2v) is 2.15. The fourth-order valence-electron chi connectivity index (χ4n) is 0.779. The standard InChI is InChI=1S/C8H5NO3/c9-5-12-4-6-3-7(10)1-2-8(6)11/h1-3H,4H2. The van der Waals surface area contributed by atoms with Crippen LogP contribution >= 0.6 is 0 Å². The molecule has 4 nitrogen and oxygen atoms in total. The average molecular weight is 163 g/mol. The molecule has 0 amide bonds. The van der Waals surface area contributed by atoms with Gasteiger partial charge in [-0.2, -0.15) is 5.26 Å². The van der Waals surface area contributed by atoms with Gasteiger partial charge < -0.3 is 4.74 Å². The number of nitrogens with zero attached hydrogens (tertiary/aromatic N) is 1. The van der Waals surface area contributed by atoms with E-state index in [2.05, 4.69) is 4.74 Å². The molecule has 0 heterocycles. The van der Waals surface area contributed by atoms with Crippen LogP contribution in [0.4, 0.5) is 0 Å². The van der Waals surface area contributed by atoms with Gasteiger partial charge in [0.25, 0.3) is 6.26 Å². The van der Waals surface area contributed by atoms with Gasteiger partial charge in [0.15, 0.2) is 11.6 Å². The molecule has 0 aromatic heterocycles. The number of hydrogen-bond acceptors (Lipinski definition) is 4. The summed E-state index contributed by atoms with van der Waals surface area (Å²) in [5.74, 6) is -0.545. The monoisotopic (exact) mass is 163 g/mol. The molecule has 0 saturated heterocycles. The van der Waals surface area contributed by atoms with Crippen molar-refractivity contribution in [3.05, 3.63) is 23.8 Å². The van der Waals surface area contributed by atoms with Gasteiger partial charge in [-0.25, -0.2) is 0 Å². The van der Waals surface area contributed by atoms with E-state index in [0.717, 1.165) is 0 Å². The highest BCUT2D eigenvalue weighted by Gasteiger charge is 2.12. The molecule has 0 radical (unpaired) electrons. The molecule has 4 heteroatoms. The number of hydrogen-bond donors (Lipinski definition) is 0. The third kappa shape index (κ3) is 1.80. The number of carbonyl (C=O) groups is 2. The van der Waals surface area contributed by atoms with Gasteiger partial charge in [0, 0.05) is 5.57 Å².